The normalized spacial score (nSPS) is 17.5. The quantitative estimate of drug-likeness (QED) is 0.258. The van der Waals surface area contributed by atoms with Crippen LogP contribution in [0.1, 0.15) is 28.9 Å². The molecule has 16 heteroatoms. The maximum Gasteiger partial charge on any atom is 0.414 e. The zero-order valence-corrected chi connectivity index (χ0v) is 24.6. The van der Waals surface area contributed by atoms with Crippen LogP contribution in [0.2, 0.25) is 4.34 Å². The van der Waals surface area contributed by atoms with E-state index in [4.69, 9.17) is 37.3 Å². The zero-order valence-electron chi connectivity index (χ0n) is 23.0. The number of ether oxygens (including phenoxy) is 3. The van der Waals surface area contributed by atoms with E-state index in [0.29, 0.717) is 42.4 Å². The van der Waals surface area contributed by atoms with Crippen molar-refractivity contribution >= 4 is 64.1 Å². The van der Waals surface area contributed by atoms with Gasteiger partial charge in [-0.25, -0.2) is 9.18 Å². The molecule has 4 rings (SSSR count). The number of rotatable bonds is 12. The Morgan fingerprint density at radius 1 is 1.19 bits per heavy atom. The molecule has 0 spiro atoms. The van der Waals surface area contributed by atoms with E-state index in [1.165, 1.54) is 29.2 Å². The average Bonchev–Trinajstić information content (AvgIpc) is 3.59. The van der Waals surface area contributed by atoms with Crippen LogP contribution in [0.15, 0.2) is 30.3 Å². The number of carbonyl (C=O) groups excluding carboxylic acids is 5. The van der Waals surface area contributed by atoms with Crippen LogP contribution in [0.5, 0.6) is 0 Å². The van der Waals surface area contributed by atoms with Crippen molar-refractivity contribution in [3.63, 3.8) is 0 Å². The minimum atomic E-state index is -1.04. The van der Waals surface area contributed by atoms with Crippen molar-refractivity contribution in [3.8, 4) is 0 Å². The summed E-state index contributed by atoms with van der Waals surface area (Å²) in [6, 6.07) is 5.92. The summed E-state index contributed by atoms with van der Waals surface area (Å²) in [6.07, 6.45) is -0.347. The van der Waals surface area contributed by atoms with Crippen molar-refractivity contribution in [2.75, 3.05) is 55.8 Å². The van der Waals surface area contributed by atoms with Crippen molar-refractivity contribution < 1.29 is 42.6 Å². The molecule has 43 heavy (non-hydrogen) atoms. The van der Waals surface area contributed by atoms with Crippen molar-refractivity contribution in [2.24, 2.45) is 11.5 Å². The van der Waals surface area contributed by atoms with E-state index in [1.807, 2.05) is 0 Å². The second-order valence-corrected chi connectivity index (χ2v) is 11.5. The Morgan fingerprint density at radius 3 is 2.65 bits per heavy atom. The number of anilines is 2. The standard InChI is InChI=1S/C27H31ClFN5O8S/c28-22-7-6-21(43-22)25(37)34(24(36)15-41-26(38)19(31)3-1-2-8-30)13-17-12-33(27(39)42-17)20-5-4-16(11-18(20)29)32-9-10-40-14-23(32)35/h4-7,11,17,19H,1-3,8-10,12-15,30-31H2/t17-,19+/m1/s1. The molecule has 0 aliphatic carbocycles. The van der Waals surface area contributed by atoms with E-state index in [1.54, 1.807) is 0 Å². The summed E-state index contributed by atoms with van der Waals surface area (Å²) in [5.41, 5.74) is 11.5. The Bertz CT molecular complexity index is 1380. The van der Waals surface area contributed by atoms with Crippen LogP contribution >= 0.6 is 22.9 Å². The summed E-state index contributed by atoms with van der Waals surface area (Å²) >= 11 is 6.90. The fourth-order valence-corrected chi connectivity index (χ4v) is 5.49. The number of halogens is 2. The Morgan fingerprint density at radius 2 is 1.98 bits per heavy atom. The summed E-state index contributed by atoms with van der Waals surface area (Å²) < 4.78 is 31.0. The van der Waals surface area contributed by atoms with Crippen LogP contribution in [0.25, 0.3) is 0 Å². The van der Waals surface area contributed by atoms with Crippen LogP contribution in [-0.4, -0.2) is 92.8 Å². The molecule has 0 unspecified atom stereocenters. The molecule has 2 atom stereocenters. The number of benzene rings is 1. The average molecular weight is 640 g/mol. The van der Waals surface area contributed by atoms with Gasteiger partial charge < -0.3 is 30.6 Å². The molecule has 0 bridgehead atoms. The maximum absolute atomic E-state index is 15.2. The lowest BCUT2D eigenvalue weighted by Crippen LogP contribution is -2.45. The molecule has 0 radical (unpaired) electrons. The smallest absolute Gasteiger partial charge is 0.414 e. The molecule has 2 fully saturated rings. The molecule has 1 aromatic heterocycles. The van der Waals surface area contributed by atoms with Gasteiger partial charge in [0.1, 0.15) is 24.6 Å². The topological polar surface area (TPSA) is 175 Å². The van der Waals surface area contributed by atoms with Crippen LogP contribution in [0.4, 0.5) is 20.6 Å². The fraction of sp³-hybridized carbons (Fsp3) is 0.444. The van der Waals surface area contributed by atoms with E-state index in [9.17, 15) is 24.0 Å². The number of carbonyl (C=O) groups is 5. The zero-order chi connectivity index (χ0) is 31.1. The highest BCUT2D eigenvalue weighted by Gasteiger charge is 2.38. The van der Waals surface area contributed by atoms with E-state index >= 15 is 4.39 Å². The van der Waals surface area contributed by atoms with Crippen molar-refractivity contribution in [2.45, 2.75) is 31.4 Å². The molecule has 0 saturated carbocycles. The first kappa shape index (κ1) is 32.3. The molecule has 2 aromatic rings. The number of hydrogen-bond donors (Lipinski definition) is 2. The molecule has 4 N–H and O–H groups in total. The molecule has 2 aliphatic heterocycles. The summed E-state index contributed by atoms with van der Waals surface area (Å²) in [6.45, 7) is -0.487. The highest BCUT2D eigenvalue weighted by atomic mass is 35.5. The van der Waals surface area contributed by atoms with E-state index in [-0.39, 0.29) is 36.2 Å². The number of cyclic esters (lactones) is 1. The first-order chi connectivity index (χ1) is 20.6. The molecule has 2 aliphatic rings. The molecule has 13 nitrogen and oxygen atoms in total. The number of imide groups is 1. The molecule has 1 aromatic carbocycles. The van der Waals surface area contributed by atoms with Gasteiger partial charge in [-0.2, -0.15) is 0 Å². The fourth-order valence-electron chi connectivity index (χ4n) is 4.50. The largest absolute Gasteiger partial charge is 0.454 e. The maximum atomic E-state index is 15.2. The van der Waals surface area contributed by atoms with Gasteiger partial charge in [-0.1, -0.05) is 18.0 Å². The third-order valence-corrected chi connectivity index (χ3v) is 7.94. The Labute approximate surface area is 255 Å². The van der Waals surface area contributed by atoms with Gasteiger partial charge in [0.15, 0.2) is 6.61 Å². The van der Waals surface area contributed by atoms with Gasteiger partial charge >= 0.3 is 12.1 Å². The van der Waals surface area contributed by atoms with Gasteiger partial charge in [0.05, 0.1) is 34.6 Å². The predicted octanol–water partition coefficient (Wildman–Crippen LogP) is 1.90. The van der Waals surface area contributed by atoms with Crippen molar-refractivity contribution in [1.82, 2.24) is 4.90 Å². The van der Waals surface area contributed by atoms with Crippen LogP contribution in [0, 0.1) is 5.82 Å². The number of amides is 4. The summed E-state index contributed by atoms with van der Waals surface area (Å²) in [7, 11) is 0. The number of esters is 1. The first-order valence-electron chi connectivity index (χ1n) is 13.5. The SMILES string of the molecule is NCCCC[C@H](N)C(=O)OCC(=O)N(C[C@H]1CN(c2ccc(N3CCOCC3=O)cc2F)C(=O)O1)C(=O)c1ccc(Cl)s1. The molecular weight excluding hydrogens is 609 g/mol. The van der Waals surface area contributed by atoms with E-state index in [2.05, 4.69) is 0 Å². The third kappa shape index (κ3) is 8.06. The summed E-state index contributed by atoms with van der Waals surface area (Å²) in [5, 5.41) is 0. The predicted molar refractivity (Wildman–Crippen MR) is 154 cm³/mol. The van der Waals surface area contributed by atoms with Crippen molar-refractivity contribution in [3.05, 3.63) is 45.4 Å². The van der Waals surface area contributed by atoms with E-state index < -0.39 is 55.0 Å². The summed E-state index contributed by atoms with van der Waals surface area (Å²) in [4.78, 5) is 66.9. The minimum Gasteiger partial charge on any atom is -0.454 e. The molecule has 232 valence electrons. The Kier molecular flexibility index (Phi) is 11.0. The van der Waals surface area contributed by atoms with Gasteiger partial charge in [-0.05, 0) is 49.7 Å². The van der Waals surface area contributed by atoms with Gasteiger partial charge in [0, 0.05) is 12.2 Å². The second-order valence-electron chi connectivity index (χ2n) is 9.76. The molecule has 3 heterocycles. The molecule has 2 saturated heterocycles. The minimum absolute atomic E-state index is 0.108. The Balaban J connectivity index is 1.45. The van der Waals surface area contributed by atoms with Gasteiger partial charge in [-0.3, -0.25) is 29.0 Å². The van der Waals surface area contributed by atoms with Crippen LogP contribution in [0.3, 0.4) is 0 Å². The number of unbranched alkanes of at least 4 members (excludes halogenated alkanes) is 1. The second kappa shape index (κ2) is 14.7. The van der Waals surface area contributed by atoms with Crippen molar-refractivity contribution in [1.29, 1.82) is 0 Å². The van der Waals surface area contributed by atoms with E-state index in [0.717, 1.165) is 27.2 Å². The van der Waals surface area contributed by atoms with Gasteiger partial charge in [-0.15, -0.1) is 11.3 Å². The lowest BCUT2D eigenvalue weighted by Gasteiger charge is -2.27. The van der Waals surface area contributed by atoms with Gasteiger partial charge in [0.25, 0.3) is 17.7 Å². The number of morpholine rings is 1. The third-order valence-electron chi connectivity index (χ3n) is 6.72. The Hall–Kier alpha value is -3.63. The number of nitrogens with two attached hydrogens (primary N) is 2. The highest BCUT2D eigenvalue weighted by Crippen LogP contribution is 2.30. The lowest BCUT2D eigenvalue weighted by atomic mass is 10.1. The number of hydrogen-bond acceptors (Lipinski definition) is 11. The number of nitrogens with zero attached hydrogens (tertiary/aromatic N) is 3. The highest BCUT2D eigenvalue weighted by molar-refractivity contribution is 7.18. The number of thiophene rings is 1. The monoisotopic (exact) mass is 639 g/mol. The summed E-state index contributed by atoms with van der Waals surface area (Å²) in [5.74, 6) is -3.53. The van der Waals surface area contributed by atoms with Crippen LogP contribution in [-0.2, 0) is 28.6 Å². The van der Waals surface area contributed by atoms with Gasteiger partial charge in [0.2, 0.25) is 0 Å². The molecular formula is C27H31ClFN5O8S. The first-order valence-corrected chi connectivity index (χ1v) is 14.7. The van der Waals surface area contributed by atoms with Crippen LogP contribution < -0.4 is 21.3 Å². The lowest BCUT2D eigenvalue weighted by molar-refractivity contribution is -0.152. The molecule has 4 amide bonds.